The number of nitrogens with zero attached hydrogens (tertiary/aromatic N) is 4. The predicted octanol–water partition coefficient (Wildman–Crippen LogP) is 3.25. The molecule has 2 N–H and O–H groups in total. The van der Waals surface area contributed by atoms with Gasteiger partial charge in [-0.1, -0.05) is 18.2 Å². The zero-order valence-corrected chi connectivity index (χ0v) is 26.3. The average Bonchev–Trinajstić information content (AvgIpc) is 3.05. The van der Waals surface area contributed by atoms with Gasteiger partial charge in [-0.2, -0.15) is 0 Å². The number of hydrogen-bond acceptors (Lipinski definition) is 10. The average molecular weight is 665 g/mol. The Morgan fingerprint density at radius 3 is 2.59 bits per heavy atom. The number of halogens is 3. The molecule has 4 heterocycles. The van der Waals surface area contributed by atoms with Crippen LogP contribution in [0.1, 0.15) is 43.2 Å². The highest BCUT2D eigenvalue weighted by atomic mass is 32.2. The monoisotopic (exact) mass is 664 g/mol. The first kappa shape index (κ1) is 33.8. The van der Waals surface area contributed by atoms with E-state index in [1.807, 2.05) is 0 Å². The first-order valence-corrected chi connectivity index (χ1v) is 17.4. The molecule has 2 aliphatic heterocycles. The Labute approximate surface area is 265 Å². The molecule has 2 aliphatic rings. The highest BCUT2D eigenvalue weighted by molar-refractivity contribution is 7.91. The van der Waals surface area contributed by atoms with Crippen LogP contribution in [0.25, 0.3) is 11.0 Å². The number of pyridine rings is 1. The van der Waals surface area contributed by atoms with Gasteiger partial charge in [-0.15, -0.1) is 0 Å². The number of benzene rings is 1. The van der Waals surface area contributed by atoms with Gasteiger partial charge in [0.15, 0.2) is 9.84 Å². The van der Waals surface area contributed by atoms with Gasteiger partial charge in [-0.3, -0.25) is 9.36 Å². The molecule has 0 unspecified atom stereocenters. The number of aromatic nitrogens is 3. The first-order chi connectivity index (χ1) is 22.1. The summed E-state index contributed by atoms with van der Waals surface area (Å²) in [7, 11) is -3.21. The largest absolute Gasteiger partial charge is 0.381 e. The van der Waals surface area contributed by atoms with Crippen molar-refractivity contribution in [3.63, 3.8) is 0 Å². The molecule has 0 atom stereocenters. The van der Waals surface area contributed by atoms with E-state index in [-0.39, 0.29) is 73.2 Å². The van der Waals surface area contributed by atoms with Crippen molar-refractivity contribution in [2.75, 3.05) is 61.1 Å². The minimum absolute atomic E-state index is 0.0411. The van der Waals surface area contributed by atoms with Crippen molar-refractivity contribution in [2.45, 2.75) is 51.1 Å². The molecule has 11 nitrogen and oxygen atoms in total. The van der Waals surface area contributed by atoms with E-state index in [1.165, 1.54) is 23.0 Å². The van der Waals surface area contributed by atoms with Gasteiger partial charge in [0.25, 0.3) is 11.5 Å². The maximum atomic E-state index is 15.6. The van der Waals surface area contributed by atoms with E-state index in [2.05, 4.69) is 20.6 Å². The molecule has 0 aliphatic carbocycles. The second kappa shape index (κ2) is 14.9. The van der Waals surface area contributed by atoms with Crippen molar-refractivity contribution in [3.8, 4) is 0 Å². The predicted molar refractivity (Wildman–Crippen MR) is 169 cm³/mol. The van der Waals surface area contributed by atoms with Crippen LogP contribution in [0.3, 0.4) is 0 Å². The summed E-state index contributed by atoms with van der Waals surface area (Å²) < 4.78 is 77.6. The van der Waals surface area contributed by atoms with Crippen molar-refractivity contribution in [3.05, 3.63) is 57.9 Å². The van der Waals surface area contributed by atoms with Crippen molar-refractivity contribution in [1.82, 2.24) is 19.9 Å². The van der Waals surface area contributed by atoms with E-state index in [4.69, 9.17) is 4.74 Å². The molecule has 1 aromatic carbocycles. The second-order valence-electron chi connectivity index (χ2n) is 11.6. The third-order valence-corrected chi connectivity index (χ3v) is 10.2. The van der Waals surface area contributed by atoms with E-state index in [0.717, 1.165) is 12.4 Å². The third-order valence-electron chi connectivity index (χ3n) is 8.57. The lowest BCUT2D eigenvalue weighted by atomic mass is 9.86. The van der Waals surface area contributed by atoms with E-state index in [9.17, 15) is 18.0 Å². The Balaban J connectivity index is 1.43. The Hall–Kier alpha value is -3.56. The molecule has 0 radical (unpaired) electrons. The smallest absolute Gasteiger partial charge is 0.278 e. The Bertz CT molecular complexity index is 1680. The molecule has 5 rings (SSSR count). The number of rotatable bonds is 14. The lowest BCUT2D eigenvalue weighted by Crippen LogP contribution is -2.43. The summed E-state index contributed by atoms with van der Waals surface area (Å²) in [5, 5.41) is 6.56. The van der Waals surface area contributed by atoms with Crippen LogP contribution in [0.4, 0.5) is 24.7 Å². The summed E-state index contributed by atoms with van der Waals surface area (Å²) in [4.78, 5) is 34.7. The number of ether oxygens (including phenoxy) is 1. The Morgan fingerprint density at radius 1 is 1.11 bits per heavy atom. The molecule has 0 saturated carbocycles. The number of aldehydes is 1. The van der Waals surface area contributed by atoms with Crippen LogP contribution in [0, 0.1) is 11.7 Å². The van der Waals surface area contributed by atoms with Crippen LogP contribution >= 0.6 is 0 Å². The lowest BCUT2D eigenvalue weighted by Gasteiger charge is -2.31. The fraction of sp³-hybridized carbons (Fsp3) is 0.548. The molecular weight excluding hydrogens is 625 g/mol. The molecule has 0 amide bonds. The van der Waals surface area contributed by atoms with Gasteiger partial charge in [0.05, 0.1) is 22.5 Å². The maximum absolute atomic E-state index is 15.6. The highest BCUT2D eigenvalue weighted by Gasteiger charge is 2.43. The molecule has 2 aromatic heterocycles. The molecule has 15 heteroatoms. The zero-order valence-electron chi connectivity index (χ0n) is 25.5. The third kappa shape index (κ3) is 7.69. The molecule has 0 bridgehead atoms. The molecule has 0 spiro atoms. The van der Waals surface area contributed by atoms with Crippen LogP contribution in [0.5, 0.6) is 0 Å². The molecule has 46 heavy (non-hydrogen) atoms. The van der Waals surface area contributed by atoms with Gasteiger partial charge in [0.1, 0.15) is 35.6 Å². The topological polar surface area (TPSA) is 136 Å². The number of carbonyl (C=O) groups is 1. The summed E-state index contributed by atoms with van der Waals surface area (Å²) in [6.45, 7) is 2.03. The van der Waals surface area contributed by atoms with Crippen molar-refractivity contribution in [1.29, 1.82) is 0 Å². The Kier molecular flexibility index (Phi) is 10.9. The fourth-order valence-electron chi connectivity index (χ4n) is 5.95. The van der Waals surface area contributed by atoms with E-state index in [0.29, 0.717) is 56.6 Å². The molecule has 250 valence electrons. The number of hydrogen-bond donors (Lipinski definition) is 2. The standard InChI is InChI=1S/C31H39F3N6O5S/c32-27-22(5-3-6-25(27)31(33,34)23-7-9-35-10-8-23)20-36-28-24-19-26(39-12-17-46(43,44)18-13-39)30(42)40(29(24)38-21-37-28)11-4-16-45-15-2-1-14-41/h3,5-6,14,19,21,23,35H,1-2,4,7-13,15-18,20H2,(H,36,37,38). The van der Waals surface area contributed by atoms with E-state index < -0.39 is 33.1 Å². The number of piperidine rings is 1. The number of carbonyl (C=O) groups excluding carboxylic acids is 1. The SMILES string of the molecule is O=CCCCOCCCn1c(=O)c(N2CCS(=O)(=O)CC2)cc2c(NCc3cccc(C(F)(F)C4CCNCC4)c3F)ncnc21. The fourth-order valence-corrected chi connectivity index (χ4v) is 7.15. The van der Waals surface area contributed by atoms with Crippen molar-refractivity contribution >= 4 is 38.7 Å². The zero-order chi connectivity index (χ0) is 32.7. The van der Waals surface area contributed by atoms with Gasteiger partial charge in [0, 0.05) is 57.3 Å². The lowest BCUT2D eigenvalue weighted by molar-refractivity contribution is -0.108. The van der Waals surface area contributed by atoms with Gasteiger partial charge in [-0.05, 0) is 44.8 Å². The minimum atomic E-state index is -3.32. The van der Waals surface area contributed by atoms with Crippen LogP contribution in [0.15, 0.2) is 35.4 Å². The highest BCUT2D eigenvalue weighted by Crippen LogP contribution is 2.42. The number of aryl methyl sites for hydroxylation is 1. The summed E-state index contributed by atoms with van der Waals surface area (Å²) in [5.74, 6) is -5.17. The van der Waals surface area contributed by atoms with E-state index in [1.54, 1.807) is 11.0 Å². The number of fused-ring (bicyclic) bond motifs is 1. The van der Waals surface area contributed by atoms with Crippen LogP contribution in [-0.4, -0.2) is 80.1 Å². The van der Waals surface area contributed by atoms with Crippen LogP contribution < -0.4 is 21.1 Å². The van der Waals surface area contributed by atoms with E-state index >= 15 is 13.2 Å². The number of sulfone groups is 1. The second-order valence-corrected chi connectivity index (χ2v) is 13.9. The van der Waals surface area contributed by atoms with Gasteiger partial charge < -0.3 is 25.1 Å². The van der Waals surface area contributed by atoms with Crippen molar-refractivity contribution in [2.24, 2.45) is 5.92 Å². The minimum Gasteiger partial charge on any atom is -0.381 e. The van der Waals surface area contributed by atoms with Crippen molar-refractivity contribution < 1.29 is 31.1 Å². The first-order valence-electron chi connectivity index (χ1n) is 15.6. The van der Waals surface area contributed by atoms with Gasteiger partial charge in [0.2, 0.25) is 0 Å². The summed E-state index contributed by atoms with van der Waals surface area (Å²) in [5.41, 5.74) is -0.350. The van der Waals surface area contributed by atoms with Gasteiger partial charge >= 0.3 is 0 Å². The normalized spacial score (nSPS) is 17.3. The molecular formula is C31H39F3N6O5S. The summed E-state index contributed by atoms with van der Waals surface area (Å²) in [6.07, 6.45) is 4.06. The number of unbranched alkanes of at least 4 members (excludes halogenated alkanes) is 1. The maximum Gasteiger partial charge on any atom is 0.278 e. The number of nitrogens with one attached hydrogen (secondary N) is 2. The molecule has 2 saturated heterocycles. The Morgan fingerprint density at radius 2 is 1.85 bits per heavy atom. The molecule has 2 fully saturated rings. The summed E-state index contributed by atoms with van der Waals surface area (Å²) in [6, 6.07) is 5.60. The van der Waals surface area contributed by atoms with Crippen LogP contribution in [-0.2, 0) is 38.4 Å². The van der Waals surface area contributed by atoms with Gasteiger partial charge in [-0.25, -0.2) is 31.6 Å². The quantitative estimate of drug-likeness (QED) is 0.195. The van der Waals surface area contributed by atoms with Crippen LogP contribution in [0.2, 0.25) is 0 Å². The number of alkyl halides is 2. The number of anilines is 2. The molecule has 3 aromatic rings. The summed E-state index contributed by atoms with van der Waals surface area (Å²) >= 11 is 0.